The molecule has 0 saturated carbocycles. The van der Waals surface area contributed by atoms with E-state index in [0.717, 1.165) is 32.1 Å². The maximum absolute atomic E-state index is 4.23. The first kappa shape index (κ1) is 21.2. The van der Waals surface area contributed by atoms with E-state index < -0.39 is 0 Å². The fraction of sp³-hybridized carbons (Fsp3) is 0.611. The summed E-state index contributed by atoms with van der Waals surface area (Å²) in [6.45, 7) is 10.7. The van der Waals surface area contributed by atoms with Crippen LogP contribution in [0.1, 0.15) is 25.0 Å². The second-order valence-electron chi connectivity index (χ2n) is 6.62. The van der Waals surface area contributed by atoms with Crippen LogP contribution in [0.3, 0.4) is 0 Å². The summed E-state index contributed by atoms with van der Waals surface area (Å²) in [6, 6.07) is 9.29. The number of hydrogen-bond donors (Lipinski definition) is 2. The minimum atomic E-state index is 0. The molecule has 0 atom stereocenters. The molecule has 0 unspecified atom stereocenters. The molecule has 2 rings (SSSR count). The van der Waals surface area contributed by atoms with Crippen molar-refractivity contribution in [1.29, 1.82) is 0 Å². The van der Waals surface area contributed by atoms with Gasteiger partial charge in [0.15, 0.2) is 5.96 Å². The number of hydrogen-bond acceptors (Lipinski definition) is 3. The monoisotopic (exact) mass is 445 g/mol. The van der Waals surface area contributed by atoms with Crippen LogP contribution < -0.4 is 10.6 Å². The van der Waals surface area contributed by atoms with Gasteiger partial charge in [0.1, 0.15) is 0 Å². The molecule has 1 saturated heterocycles. The Morgan fingerprint density at radius 3 is 2.21 bits per heavy atom. The summed E-state index contributed by atoms with van der Waals surface area (Å²) in [4.78, 5) is 9.15. The van der Waals surface area contributed by atoms with E-state index >= 15 is 0 Å². The van der Waals surface area contributed by atoms with E-state index in [1.807, 2.05) is 0 Å². The van der Waals surface area contributed by atoms with Crippen LogP contribution in [-0.4, -0.2) is 62.1 Å². The van der Waals surface area contributed by atoms with Gasteiger partial charge in [-0.1, -0.05) is 24.3 Å². The molecule has 0 radical (unpaired) electrons. The molecule has 0 aliphatic carbocycles. The lowest BCUT2D eigenvalue weighted by atomic mass is 10.1. The molecule has 6 heteroatoms. The predicted molar refractivity (Wildman–Crippen MR) is 113 cm³/mol. The highest BCUT2D eigenvalue weighted by molar-refractivity contribution is 14.0. The van der Waals surface area contributed by atoms with Crippen molar-refractivity contribution in [3.05, 3.63) is 35.4 Å². The topological polar surface area (TPSA) is 42.9 Å². The van der Waals surface area contributed by atoms with Crippen molar-refractivity contribution in [3.63, 3.8) is 0 Å². The normalized spacial score (nSPS) is 16.8. The van der Waals surface area contributed by atoms with Crippen LogP contribution >= 0.6 is 24.0 Å². The van der Waals surface area contributed by atoms with E-state index in [-0.39, 0.29) is 24.0 Å². The van der Waals surface area contributed by atoms with E-state index in [4.69, 9.17) is 0 Å². The Morgan fingerprint density at radius 2 is 1.67 bits per heavy atom. The summed E-state index contributed by atoms with van der Waals surface area (Å²) in [5, 5.41) is 6.64. The van der Waals surface area contributed by atoms with Gasteiger partial charge in [-0.25, -0.2) is 0 Å². The number of aliphatic imine (C=N–C) groups is 1. The van der Waals surface area contributed by atoms with Gasteiger partial charge in [0.2, 0.25) is 0 Å². The lowest BCUT2D eigenvalue weighted by Crippen LogP contribution is -2.43. The lowest BCUT2D eigenvalue weighted by Gasteiger charge is -2.32. The fourth-order valence-electron chi connectivity index (χ4n) is 2.68. The minimum Gasteiger partial charge on any atom is -0.354 e. The fourth-order valence-corrected chi connectivity index (χ4v) is 2.68. The third-order valence-corrected chi connectivity index (χ3v) is 4.13. The standard InChI is InChI=1S/C18H31N5.HI/c1-15(2)21-18(19-3)20-13-16-5-7-17(8-6-16)14-23-11-9-22(4)10-12-23;/h5-8,15H,9-14H2,1-4H3,(H2,19,20,21);1H. The smallest absolute Gasteiger partial charge is 0.191 e. The van der Waals surface area contributed by atoms with Crippen molar-refractivity contribution in [3.8, 4) is 0 Å². The zero-order valence-electron chi connectivity index (χ0n) is 15.4. The van der Waals surface area contributed by atoms with Crippen molar-refractivity contribution in [2.75, 3.05) is 40.3 Å². The summed E-state index contributed by atoms with van der Waals surface area (Å²) in [7, 11) is 4.00. The molecular formula is C18H32IN5. The SMILES string of the molecule is CN=C(NCc1ccc(CN2CCN(C)CC2)cc1)NC(C)C.I. The molecule has 1 aromatic carbocycles. The van der Waals surface area contributed by atoms with Crippen LogP contribution in [0.15, 0.2) is 29.3 Å². The number of benzene rings is 1. The lowest BCUT2D eigenvalue weighted by molar-refractivity contribution is 0.148. The molecule has 1 aliphatic rings. The van der Waals surface area contributed by atoms with E-state index in [0.29, 0.717) is 6.04 Å². The molecule has 1 aliphatic heterocycles. The predicted octanol–water partition coefficient (Wildman–Crippen LogP) is 2.13. The van der Waals surface area contributed by atoms with Crippen molar-refractivity contribution >= 4 is 29.9 Å². The van der Waals surface area contributed by atoms with E-state index in [9.17, 15) is 0 Å². The number of likely N-dealkylation sites (N-methyl/N-ethyl adjacent to an activating group) is 1. The van der Waals surface area contributed by atoms with Crippen LogP contribution in [0, 0.1) is 0 Å². The first-order valence-electron chi connectivity index (χ1n) is 8.52. The van der Waals surface area contributed by atoms with Crippen LogP contribution in [0.25, 0.3) is 0 Å². The Bertz CT molecular complexity index is 493. The summed E-state index contributed by atoms with van der Waals surface area (Å²) in [5.74, 6) is 0.849. The number of nitrogens with zero attached hydrogens (tertiary/aromatic N) is 3. The summed E-state index contributed by atoms with van der Waals surface area (Å²) in [5.41, 5.74) is 2.67. The van der Waals surface area contributed by atoms with Crippen molar-refractivity contribution < 1.29 is 0 Å². The number of nitrogens with one attached hydrogen (secondary N) is 2. The van der Waals surface area contributed by atoms with E-state index in [2.05, 4.69) is 70.6 Å². The molecule has 0 aromatic heterocycles. The average molecular weight is 445 g/mol. The molecule has 1 fully saturated rings. The molecule has 24 heavy (non-hydrogen) atoms. The molecule has 136 valence electrons. The molecule has 0 spiro atoms. The van der Waals surface area contributed by atoms with E-state index in [1.54, 1.807) is 7.05 Å². The first-order chi connectivity index (χ1) is 11.1. The first-order valence-corrected chi connectivity index (χ1v) is 8.52. The van der Waals surface area contributed by atoms with Gasteiger partial charge in [-0.2, -0.15) is 0 Å². The Hall–Kier alpha value is -0.860. The number of halogens is 1. The average Bonchev–Trinajstić information content (AvgIpc) is 2.54. The second-order valence-corrected chi connectivity index (χ2v) is 6.62. The van der Waals surface area contributed by atoms with Crippen LogP contribution in [0.5, 0.6) is 0 Å². The third-order valence-electron chi connectivity index (χ3n) is 4.13. The van der Waals surface area contributed by atoms with Crippen LogP contribution in [0.4, 0.5) is 0 Å². The maximum atomic E-state index is 4.23. The summed E-state index contributed by atoms with van der Waals surface area (Å²) in [6.07, 6.45) is 0. The van der Waals surface area contributed by atoms with Gasteiger partial charge in [0.25, 0.3) is 0 Å². The van der Waals surface area contributed by atoms with Crippen molar-refractivity contribution in [2.24, 2.45) is 4.99 Å². The van der Waals surface area contributed by atoms with Gasteiger partial charge in [0.05, 0.1) is 0 Å². The molecule has 1 heterocycles. The van der Waals surface area contributed by atoms with Crippen molar-refractivity contribution in [1.82, 2.24) is 20.4 Å². The zero-order valence-corrected chi connectivity index (χ0v) is 17.7. The van der Waals surface area contributed by atoms with Gasteiger partial charge < -0.3 is 15.5 Å². The highest BCUT2D eigenvalue weighted by Gasteiger charge is 2.13. The molecule has 0 amide bonds. The zero-order chi connectivity index (χ0) is 16.7. The Balaban J connectivity index is 0.00000288. The van der Waals surface area contributed by atoms with Crippen molar-refractivity contribution in [2.45, 2.75) is 33.0 Å². The van der Waals surface area contributed by atoms with Gasteiger partial charge in [0, 0.05) is 52.4 Å². The maximum Gasteiger partial charge on any atom is 0.191 e. The number of rotatable bonds is 5. The summed E-state index contributed by atoms with van der Waals surface area (Å²) < 4.78 is 0. The number of piperazine rings is 1. The minimum absolute atomic E-state index is 0. The molecule has 0 bridgehead atoms. The quantitative estimate of drug-likeness (QED) is 0.414. The molecule has 5 nitrogen and oxygen atoms in total. The van der Waals surface area contributed by atoms with E-state index in [1.165, 1.54) is 24.2 Å². The molecular weight excluding hydrogens is 413 g/mol. The molecule has 2 N–H and O–H groups in total. The highest BCUT2D eigenvalue weighted by Crippen LogP contribution is 2.09. The van der Waals surface area contributed by atoms with Crippen LogP contribution in [0.2, 0.25) is 0 Å². The Morgan fingerprint density at radius 1 is 1.08 bits per heavy atom. The van der Waals surface area contributed by atoms with Gasteiger partial charge in [-0.05, 0) is 32.0 Å². The molecule has 1 aromatic rings. The largest absolute Gasteiger partial charge is 0.354 e. The number of guanidine groups is 1. The van der Waals surface area contributed by atoms with Gasteiger partial charge in [-0.3, -0.25) is 9.89 Å². The van der Waals surface area contributed by atoms with Gasteiger partial charge in [-0.15, -0.1) is 24.0 Å². The second kappa shape index (κ2) is 10.9. The summed E-state index contributed by atoms with van der Waals surface area (Å²) >= 11 is 0. The van der Waals surface area contributed by atoms with Gasteiger partial charge >= 0.3 is 0 Å². The Kier molecular flexibility index (Phi) is 9.61. The van der Waals surface area contributed by atoms with Crippen LogP contribution in [-0.2, 0) is 13.1 Å². The third kappa shape index (κ3) is 7.36. The Labute approximate surface area is 163 Å². The highest BCUT2D eigenvalue weighted by atomic mass is 127.